The van der Waals surface area contributed by atoms with Crippen molar-refractivity contribution in [2.75, 3.05) is 0 Å². The van der Waals surface area contributed by atoms with E-state index in [1.807, 2.05) is 41.9 Å². The van der Waals surface area contributed by atoms with Crippen LogP contribution in [0.4, 0.5) is 0 Å². The first-order valence-corrected chi connectivity index (χ1v) is 8.61. The Balaban J connectivity index is 1.71. The molecular formula is C19H16N4S. The van der Waals surface area contributed by atoms with Crippen LogP contribution in [-0.4, -0.2) is 20.0 Å². The molecule has 2 heterocycles. The fourth-order valence-electron chi connectivity index (χ4n) is 2.58. The van der Waals surface area contributed by atoms with Crippen molar-refractivity contribution in [2.24, 2.45) is 0 Å². The SMILES string of the molecule is Cc1ccc(-c2csc(-c3nnn(-c4ccccc4)c3C)n2)cc1. The molecular weight excluding hydrogens is 316 g/mol. The molecule has 118 valence electrons. The highest BCUT2D eigenvalue weighted by Gasteiger charge is 2.15. The number of benzene rings is 2. The quantitative estimate of drug-likeness (QED) is 0.547. The monoisotopic (exact) mass is 332 g/mol. The van der Waals surface area contributed by atoms with Crippen LogP contribution in [0, 0.1) is 13.8 Å². The second kappa shape index (κ2) is 6.02. The smallest absolute Gasteiger partial charge is 0.146 e. The molecule has 4 nitrogen and oxygen atoms in total. The maximum atomic E-state index is 4.75. The Morgan fingerprint density at radius 1 is 0.917 bits per heavy atom. The summed E-state index contributed by atoms with van der Waals surface area (Å²) < 4.78 is 1.85. The second-order valence-electron chi connectivity index (χ2n) is 5.67. The van der Waals surface area contributed by atoms with Crippen molar-refractivity contribution in [2.45, 2.75) is 13.8 Å². The predicted octanol–water partition coefficient (Wildman–Crippen LogP) is 4.67. The molecule has 2 aromatic carbocycles. The minimum Gasteiger partial charge on any atom is -0.234 e. The first-order valence-electron chi connectivity index (χ1n) is 7.73. The zero-order chi connectivity index (χ0) is 16.5. The number of aromatic nitrogens is 4. The van der Waals surface area contributed by atoms with Crippen LogP contribution >= 0.6 is 11.3 Å². The molecule has 0 unspecified atom stereocenters. The number of aryl methyl sites for hydroxylation is 1. The van der Waals surface area contributed by atoms with E-state index in [-0.39, 0.29) is 0 Å². The highest BCUT2D eigenvalue weighted by atomic mass is 32.1. The van der Waals surface area contributed by atoms with Gasteiger partial charge in [0.05, 0.1) is 17.1 Å². The Morgan fingerprint density at radius 3 is 2.42 bits per heavy atom. The van der Waals surface area contributed by atoms with Gasteiger partial charge in [0.25, 0.3) is 0 Å². The molecule has 0 atom stereocenters. The maximum Gasteiger partial charge on any atom is 0.146 e. The molecule has 5 heteroatoms. The lowest BCUT2D eigenvalue weighted by molar-refractivity contribution is 0.785. The molecule has 0 saturated heterocycles. The van der Waals surface area contributed by atoms with Crippen LogP contribution in [0.5, 0.6) is 0 Å². The molecule has 0 radical (unpaired) electrons. The number of nitrogens with zero attached hydrogens (tertiary/aromatic N) is 4. The number of thiazole rings is 1. The van der Waals surface area contributed by atoms with E-state index in [0.29, 0.717) is 0 Å². The summed E-state index contributed by atoms with van der Waals surface area (Å²) in [7, 11) is 0. The molecule has 4 rings (SSSR count). The standard InChI is InChI=1S/C19H16N4S/c1-13-8-10-15(11-9-13)17-12-24-19(20-17)18-14(2)23(22-21-18)16-6-4-3-5-7-16/h3-12H,1-2H3. The van der Waals surface area contributed by atoms with Crippen molar-refractivity contribution in [1.82, 2.24) is 20.0 Å². The highest BCUT2D eigenvalue weighted by Crippen LogP contribution is 2.30. The summed E-state index contributed by atoms with van der Waals surface area (Å²) in [6.45, 7) is 4.11. The van der Waals surface area contributed by atoms with Gasteiger partial charge in [0.1, 0.15) is 10.7 Å². The van der Waals surface area contributed by atoms with Crippen LogP contribution in [0.1, 0.15) is 11.3 Å². The molecule has 0 saturated carbocycles. The lowest BCUT2D eigenvalue weighted by Crippen LogP contribution is -1.98. The fraction of sp³-hybridized carbons (Fsp3) is 0.105. The number of rotatable bonds is 3. The van der Waals surface area contributed by atoms with Gasteiger partial charge >= 0.3 is 0 Å². The lowest BCUT2D eigenvalue weighted by Gasteiger charge is -2.02. The molecule has 0 aliphatic rings. The van der Waals surface area contributed by atoms with Gasteiger partial charge in [0.2, 0.25) is 0 Å². The van der Waals surface area contributed by atoms with E-state index in [2.05, 4.69) is 46.9 Å². The molecule has 2 aromatic heterocycles. The first-order chi connectivity index (χ1) is 11.7. The summed E-state index contributed by atoms with van der Waals surface area (Å²) in [6.07, 6.45) is 0. The van der Waals surface area contributed by atoms with Gasteiger partial charge in [0.15, 0.2) is 0 Å². The van der Waals surface area contributed by atoms with E-state index in [9.17, 15) is 0 Å². The number of hydrogen-bond donors (Lipinski definition) is 0. The van der Waals surface area contributed by atoms with E-state index < -0.39 is 0 Å². The zero-order valence-electron chi connectivity index (χ0n) is 13.5. The van der Waals surface area contributed by atoms with Crippen LogP contribution in [0.2, 0.25) is 0 Å². The van der Waals surface area contributed by atoms with Gasteiger partial charge in [-0.15, -0.1) is 16.4 Å². The van der Waals surface area contributed by atoms with Gasteiger partial charge in [-0.25, -0.2) is 9.67 Å². The van der Waals surface area contributed by atoms with E-state index in [1.165, 1.54) is 5.56 Å². The molecule has 24 heavy (non-hydrogen) atoms. The van der Waals surface area contributed by atoms with Gasteiger partial charge in [-0.3, -0.25) is 0 Å². The van der Waals surface area contributed by atoms with Crippen molar-refractivity contribution in [3.8, 4) is 27.6 Å². The summed E-state index contributed by atoms with van der Waals surface area (Å²) >= 11 is 1.60. The van der Waals surface area contributed by atoms with Crippen LogP contribution in [0.3, 0.4) is 0 Å². The van der Waals surface area contributed by atoms with Crippen molar-refractivity contribution in [3.63, 3.8) is 0 Å². The van der Waals surface area contributed by atoms with Crippen LogP contribution in [0.25, 0.3) is 27.6 Å². The average Bonchev–Trinajstić information content (AvgIpc) is 3.23. The van der Waals surface area contributed by atoms with Crippen LogP contribution in [0.15, 0.2) is 60.0 Å². The summed E-state index contributed by atoms with van der Waals surface area (Å²) in [6, 6.07) is 18.4. The summed E-state index contributed by atoms with van der Waals surface area (Å²) in [4.78, 5) is 4.75. The van der Waals surface area contributed by atoms with Gasteiger partial charge in [-0.1, -0.05) is 53.2 Å². The molecule has 0 bridgehead atoms. The normalized spacial score (nSPS) is 10.9. The molecule has 0 aliphatic heterocycles. The van der Waals surface area contributed by atoms with E-state index in [0.717, 1.165) is 33.3 Å². The Bertz CT molecular complexity index is 968. The summed E-state index contributed by atoms with van der Waals surface area (Å²) in [5, 5.41) is 11.6. The summed E-state index contributed by atoms with van der Waals surface area (Å²) in [5.41, 5.74) is 6.17. The third-order valence-corrected chi connectivity index (χ3v) is 4.80. The van der Waals surface area contributed by atoms with Crippen molar-refractivity contribution < 1.29 is 0 Å². The Hall–Kier alpha value is -2.79. The maximum absolute atomic E-state index is 4.75. The topological polar surface area (TPSA) is 43.6 Å². The molecule has 0 aliphatic carbocycles. The first kappa shape index (κ1) is 14.8. The van der Waals surface area contributed by atoms with Crippen LogP contribution in [-0.2, 0) is 0 Å². The van der Waals surface area contributed by atoms with E-state index in [4.69, 9.17) is 4.98 Å². The Labute approximate surface area is 144 Å². The van der Waals surface area contributed by atoms with Gasteiger partial charge in [-0.05, 0) is 26.0 Å². The van der Waals surface area contributed by atoms with Crippen molar-refractivity contribution in [3.05, 3.63) is 71.2 Å². The molecule has 0 fully saturated rings. The zero-order valence-corrected chi connectivity index (χ0v) is 14.3. The third-order valence-electron chi connectivity index (χ3n) is 3.95. The lowest BCUT2D eigenvalue weighted by atomic mass is 10.1. The third kappa shape index (κ3) is 2.63. The van der Waals surface area contributed by atoms with Crippen molar-refractivity contribution in [1.29, 1.82) is 0 Å². The minimum absolute atomic E-state index is 0.835. The molecule has 0 N–H and O–H groups in total. The van der Waals surface area contributed by atoms with E-state index in [1.54, 1.807) is 11.3 Å². The van der Waals surface area contributed by atoms with Gasteiger partial charge < -0.3 is 0 Å². The fourth-order valence-corrected chi connectivity index (χ4v) is 3.44. The molecule has 0 amide bonds. The largest absolute Gasteiger partial charge is 0.234 e. The Kier molecular flexibility index (Phi) is 3.70. The van der Waals surface area contributed by atoms with Crippen LogP contribution < -0.4 is 0 Å². The van der Waals surface area contributed by atoms with Gasteiger partial charge in [-0.2, -0.15) is 0 Å². The molecule has 4 aromatic rings. The number of para-hydroxylation sites is 1. The van der Waals surface area contributed by atoms with Crippen molar-refractivity contribution >= 4 is 11.3 Å². The second-order valence-corrected chi connectivity index (χ2v) is 6.53. The summed E-state index contributed by atoms with van der Waals surface area (Å²) in [5.74, 6) is 0. The number of hydrogen-bond acceptors (Lipinski definition) is 4. The van der Waals surface area contributed by atoms with E-state index >= 15 is 0 Å². The Morgan fingerprint density at radius 2 is 1.67 bits per heavy atom. The average molecular weight is 332 g/mol. The molecule has 0 spiro atoms. The predicted molar refractivity (Wildman–Crippen MR) is 97.4 cm³/mol. The highest BCUT2D eigenvalue weighted by molar-refractivity contribution is 7.13. The minimum atomic E-state index is 0.835. The van der Waals surface area contributed by atoms with Gasteiger partial charge in [0, 0.05) is 10.9 Å².